The Kier molecular flexibility index (Phi) is 4.37. The molecule has 0 bridgehead atoms. The van der Waals surface area contributed by atoms with Crippen LogP contribution in [0.25, 0.3) is 0 Å². The van der Waals surface area contributed by atoms with Crippen LogP contribution in [0.1, 0.15) is 23.7 Å². The molecule has 0 aliphatic rings. The number of nitrogens with two attached hydrogens (primary N) is 1. The average molecular weight is 232 g/mol. The molecular weight excluding hydrogens is 220 g/mol. The number of rotatable bonds is 5. The van der Waals surface area contributed by atoms with Gasteiger partial charge < -0.3 is 10.8 Å². The van der Waals surface area contributed by atoms with Gasteiger partial charge in [0.05, 0.1) is 5.69 Å². The Morgan fingerprint density at radius 1 is 1.86 bits per heavy atom. The summed E-state index contributed by atoms with van der Waals surface area (Å²) in [5.74, 6) is 0.818. The lowest BCUT2D eigenvalue weighted by Gasteiger charge is -2.00. The van der Waals surface area contributed by atoms with E-state index in [1.807, 2.05) is 0 Å². The summed E-state index contributed by atoms with van der Waals surface area (Å²) in [6.45, 7) is 2.07. The second kappa shape index (κ2) is 5.33. The van der Waals surface area contributed by atoms with Crippen LogP contribution in [0.3, 0.4) is 0 Å². The Bertz CT molecular complexity index is 314. The first-order valence-electron chi connectivity index (χ1n) is 4.15. The highest BCUT2D eigenvalue weighted by Gasteiger charge is 2.17. The summed E-state index contributed by atoms with van der Waals surface area (Å²) in [6.07, 6.45) is 0. The van der Waals surface area contributed by atoms with Crippen LogP contribution in [0.5, 0.6) is 0 Å². The molecule has 0 radical (unpaired) electrons. The SMILES string of the molecule is CCSCc1nc(C(N)C(=O)O)cs1. The Balaban J connectivity index is 2.63. The van der Waals surface area contributed by atoms with Crippen molar-refractivity contribution in [2.45, 2.75) is 18.7 Å². The summed E-state index contributed by atoms with van der Waals surface area (Å²) < 4.78 is 0. The summed E-state index contributed by atoms with van der Waals surface area (Å²) in [5.41, 5.74) is 5.87. The maximum Gasteiger partial charge on any atom is 0.326 e. The van der Waals surface area contributed by atoms with Gasteiger partial charge in [0.15, 0.2) is 0 Å². The molecule has 78 valence electrons. The standard InChI is InChI=1S/C8H12N2O2S2/c1-2-13-4-6-10-5(3-14-6)7(9)8(11)12/h3,7H,2,4,9H2,1H3,(H,11,12). The predicted octanol–water partition coefficient (Wildman–Crippen LogP) is 1.48. The second-order valence-electron chi connectivity index (χ2n) is 2.62. The second-order valence-corrected chi connectivity index (χ2v) is 4.84. The first-order valence-corrected chi connectivity index (χ1v) is 6.19. The molecule has 0 saturated heterocycles. The van der Waals surface area contributed by atoms with Crippen molar-refractivity contribution in [2.75, 3.05) is 5.75 Å². The number of carboxylic acids is 1. The monoisotopic (exact) mass is 232 g/mol. The van der Waals surface area contributed by atoms with Gasteiger partial charge in [0, 0.05) is 11.1 Å². The minimum Gasteiger partial charge on any atom is -0.480 e. The van der Waals surface area contributed by atoms with Gasteiger partial charge in [0.25, 0.3) is 0 Å². The largest absolute Gasteiger partial charge is 0.480 e. The molecule has 0 saturated carbocycles. The zero-order valence-electron chi connectivity index (χ0n) is 7.77. The smallest absolute Gasteiger partial charge is 0.326 e. The molecule has 0 aromatic carbocycles. The quantitative estimate of drug-likeness (QED) is 0.804. The number of nitrogens with zero attached hydrogens (tertiary/aromatic N) is 1. The van der Waals surface area contributed by atoms with Crippen molar-refractivity contribution in [1.29, 1.82) is 0 Å². The number of hydrogen-bond acceptors (Lipinski definition) is 5. The summed E-state index contributed by atoms with van der Waals surface area (Å²) >= 11 is 3.21. The van der Waals surface area contributed by atoms with Gasteiger partial charge in [-0.05, 0) is 5.75 Å². The molecule has 1 atom stereocenters. The van der Waals surface area contributed by atoms with Crippen molar-refractivity contribution < 1.29 is 9.90 Å². The van der Waals surface area contributed by atoms with Crippen molar-refractivity contribution in [3.8, 4) is 0 Å². The molecule has 1 rings (SSSR count). The van der Waals surface area contributed by atoms with Crippen molar-refractivity contribution in [3.05, 3.63) is 16.1 Å². The third-order valence-electron chi connectivity index (χ3n) is 1.58. The summed E-state index contributed by atoms with van der Waals surface area (Å²) in [6, 6.07) is -0.994. The molecule has 1 unspecified atom stereocenters. The maximum absolute atomic E-state index is 10.6. The number of aromatic nitrogens is 1. The van der Waals surface area contributed by atoms with Crippen LogP contribution < -0.4 is 5.73 Å². The molecule has 1 aromatic heterocycles. The van der Waals surface area contributed by atoms with E-state index in [0.717, 1.165) is 16.5 Å². The normalized spacial score (nSPS) is 12.7. The van der Waals surface area contributed by atoms with Crippen LogP contribution in [-0.2, 0) is 10.5 Å². The van der Waals surface area contributed by atoms with Crippen molar-refractivity contribution >= 4 is 29.1 Å². The van der Waals surface area contributed by atoms with E-state index in [4.69, 9.17) is 10.8 Å². The Hall–Kier alpha value is -0.590. The summed E-state index contributed by atoms with van der Waals surface area (Å²) in [7, 11) is 0. The Labute approximate surface area is 90.5 Å². The maximum atomic E-state index is 10.6. The number of thioether (sulfide) groups is 1. The molecule has 0 aliphatic heterocycles. The molecule has 3 N–H and O–H groups in total. The lowest BCUT2D eigenvalue weighted by molar-refractivity contribution is -0.138. The first kappa shape index (κ1) is 11.5. The van der Waals surface area contributed by atoms with E-state index in [1.165, 1.54) is 11.3 Å². The van der Waals surface area contributed by atoms with Crippen molar-refractivity contribution in [2.24, 2.45) is 5.73 Å². The van der Waals surface area contributed by atoms with E-state index < -0.39 is 12.0 Å². The lowest BCUT2D eigenvalue weighted by Crippen LogP contribution is -2.20. The molecule has 0 aliphatic carbocycles. The predicted molar refractivity (Wildman–Crippen MR) is 58.5 cm³/mol. The fourth-order valence-corrected chi connectivity index (χ4v) is 2.43. The fourth-order valence-electron chi connectivity index (χ4n) is 0.850. The highest BCUT2D eigenvalue weighted by Crippen LogP contribution is 2.19. The van der Waals surface area contributed by atoms with E-state index >= 15 is 0 Å². The number of aliphatic carboxylic acids is 1. The molecule has 0 amide bonds. The zero-order chi connectivity index (χ0) is 10.6. The van der Waals surface area contributed by atoms with Gasteiger partial charge in [-0.25, -0.2) is 4.98 Å². The molecular formula is C8H12N2O2S2. The number of carbonyl (C=O) groups is 1. The van der Waals surface area contributed by atoms with E-state index in [2.05, 4.69) is 11.9 Å². The topological polar surface area (TPSA) is 76.2 Å². The lowest BCUT2D eigenvalue weighted by atomic mass is 10.2. The van der Waals surface area contributed by atoms with Crippen molar-refractivity contribution in [1.82, 2.24) is 4.98 Å². The summed E-state index contributed by atoms with van der Waals surface area (Å²) in [5, 5.41) is 11.3. The highest BCUT2D eigenvalue weighted by molar-refractivity contribution is 7.98. The molecule has 6 heteroatoms. The number of hydrogen-bond donors (Lipinski definition) is 2. The van der Waals surface area contributed by atoms with Gasteiger partial charge in [-0.1, -0.05) is 6.92 Å². The van der Waals surface area contributed by atoms with Crippen LogP contribution in [0.2, 0.25) is 0 Å². The summed E-state index contributed by atoms with van der Waals surface area (Å²) in [4.78, 5) is 14.7. The van der Waals surface area contributed by atoms with Gasteiger partial charge in [0.1, 0.15) is 11.0 Å². The molecule has 1 heterocycles. The third kappa shape index (κ3) is 2.97. The van der Waals surface area contributed by atoms with Gasteiger partial charge in [-0.2, -0.15) is 11.8 Å². The average Bonchev–Trinajstić information content (AvgIpc) is 2.61. The fraction of sp³-hybridized carbons (Fsp3) is 0.500. The minimum absolute atomic E-state index is 0.453. The van der Waals surface area contributed by atoms with E-state index in [0.29, 0.717) is 5.69 Å². The van der Waals surface area contributed by atoms with Crippen LogP contribution in [0, 0.1) is 0 Å². The molecule has 1 aromatic rings. The van der Waals surface area contributed by atoms with Gasteiger partial charge in [-0.3, -0.25) is 4.79 Å². The van der Waals surface area contributed by atoms with Crippen LogP contribution >= 0.6 is 23.1 Å². The number of thiazole rings is 1. The van der Waals surface area contributed by atoms with E-state index in [-0.39, 0.29) is 0 Å². The van der Waals surface area contributed by atoms with Crippen LogP contribution in [0.4, 0.5) is 0 Å². The Morgan fingerprint density at radius 2 is 2.57 bits per heavy atom. The molecule has 0 fully saturated rings. The van der Waals surface area contributed by atoms with Crippen LogP contribution in [0.15, 0.2) is 5.38 Å². The molecule has 0 spiro atoms. The van der Waals surface area contributed by atoms with E-state index in [1.54, 1.807) is 17.1 Å². The van der Waals surface area contributed by atoms with Gasteiger partial charge in [-0.15, -0.1) is 11.3 Å². The number of carboxylic acid groups (broad SMARTS) is 1. The Morgan fingerprint density at radius 3 is 3.14 bits per heavy atom. The third-order valence-corrected chi connectivity index (χ3v) is 3.52. The first-order chi connectivity index (χ1) is 6.65. The molecule has 14 heavy (non-hydrogen) atoms. The van der Waals surface area contributed by atoms with Gasteiger partial charge in [0.2, 0.25) is 0 Å². The van der Waals surface area contributed by atoms with Crippen molar-refractivity contribution in [3.63, 3.8) is 0 Å². The minimum atomic E-state index is -1.04. The van der Waals surface area contributed by atoms with Gasteiger partial charge >= 0.3 is 5.97 Å². The van der Waals surface area contributed by atoms with E-state index in [9.17, 15) is 4.79 Å². The molecule has 4 nitrogen and oxygen atoms in total. The van der Waals surface area contributed by atoms with Crippen LogP contribution in [-0.4, -0.2) is 21.8 Å². The highest BCUT2D eigenvalue weighted by atomic mass is 32.2. The zero-order valence-corrected chi connectivity index (χ0v) is 9.40.